The summed E-state index contributed by atoms with van der Waals surface area (Å²) in [5.74, 6) is -0.941. The molecular weight excluding hydrogens is 368 g/mol. The average molecular weight is 387 g/mol. The van der Waals surface area contributed by atoms with Gasteiger partial charge in [0.1, 0.15) is 0 Å². The van der Waals surface area contributed by atoms with Crippen molar-refractivity contribution >= 4 is 44.8 Å². The van der Waals surface area contributed by atoms with Crippen LogP contribution in [0.15, 0.2) is 47.4 Å². The summed E-state index contributed by atoms with van der Waals surface area (Å²) in [5.41, 5.74) is 2.14. The van der Waals surface area contributed by atoms with E-state index >= 15 is 0 Å². The Morgan fingerprint density at radius 1 is 1.08 bits per heavy atom. The van der Waals surface area contributed by atoms with E-state index in [0.717, 1.165) is 11.1 Å². The molecule has 2 aromatic heterocycles. The Morgan fingerprint density at radius 2 is 1.77 bits per heavy atom. The van der Waals surface area contributed by atoms with Crippen LogP contribution in [0.4, 0.5) is 10.3 Å². The summed E-state index contributed by atoms with van der Waals surface area (Å²) in [7, 11) is 0. The van der Waals surface area contributed by atoms with Crippen LogP contribution >= 0.6 is 22.7 Å². The van der Waals surface area contributed by atoms with E-state index in [-0.39, 0.29) is 18.2 Å². The molecule has 1 unspecified atom stereocenters. The summed E-state index contributed by atoms with van der Waals surface area (Å²) in [4.78, 5) is 33.2. The molecule has 0 bridgehead atoms. The molecule has 6 nitrogen and oxygen atoms in total. The van der Waals surface area contributed by atoms with E-state index in [1.54, 1.807) is 23.2 Å². The number of aromatic nitrogens is 2. The molecule has 2 heterocycles. The average Bonchev–Trinajstić information content (AvgIpc) is 3.28. The topological polar surface area (TPSA) is 84.0 Å². The number of hydrogen-bond acceptors (Lipinski definition) is 6. The normalized spacial score (nSPS) is 11.7. The van der Waals surface area contributed by atoms with Crippen LogP contribution < -0.4 is 10.6 Å². The Bertz CT molecular complexity index is 863. The molecule has 134 valence electrons. The minimum Gasteiger partial charge on any atom is -0.302 e. The second-order valence-electron chi connectivity index (χ2n) is 5.81. The molecule has 3 rings (SSSR count). The highest BCUT2D eigenvalue weighted by Crippen LogP contribution is 2.19. The fourth-order valence-electron chi connectivity index (χ4n) is 2.55. The molecule has 3 aromatic rings. The maximum Gasteiger partial charge on any atom is 0.230 e. The molecule has 2 amide bonds. The minimum atomic E-state index is -0.499. The number of amides is 2. The molecule has 0 saturated carbocycles. The molecule has 2 N–H and O–H groups in total. The van der Waals surface area contributed by atoms with E-state index in [9.17, 15) is 9.59 Å². The zero-order chi connectivity index (χ0) is 18.4. The summed E-state index contributed by atoms with van der Waals surface area (Å²) in [5, 5.41) is 10.2. The third-order valence-corrected chi connectivity index (χ3v) is 5.09. The van der Waals surface area contributed by atoms with E-state index < -0.39 is 5.92 Å². The summed E-state index contributed by atoms with van der Waals surface area (Å²) in [6.07, 6.45) is 3.81. The zero-order valence-electron chi connectivity index (χ0n) is 14.1. The van der Waals surface area contributed by atoms with Crippen LogP contribution in [0.5, 0.6) is 0 Å². The molecule has 1 aromatic carbocycles. The van der Waals surface area contributed by atoms with E-state index in [1.807, 2.05) is 31.2 Å². The number of benzene rings is 1. The van der Waals surface area contributed by atoms with Gasteiger partial charge in [0.15, 0.2) is 10.3 Å². The number of nitrogens with zero attached hydrogens (tertiary/aromatic N) is 2. The summed E-state index contributed by atoms with van der Waals surface area (Å²) in [6, 6.07) is 7.96. The second-order valence-corrected chi connectivity index (χ2v) is 7.60. The van der Waals surface area contributed by atoms with Crippen molar-refractivity contribution in [2.75, 3.05) is 10.6 Å². The van der Waals surface area contributed by atoms with Crippen molar-refractivity contribution in [1.29, 1.82) is 0 Å². The zero-order valence-corrected chi connectivity index (χ0v) is 15.8. The maximum absolute atomic E-state index is 12.7. The van der Waals surface area contributed by atoms with E-state index in [2.05, 4.69) is 20.6 Å². The SMILES string of the molecule is Cc1cccc(CC(CC(=O)Nc2nccs2)C(=O)Nc2nccs2)c1. The summed E-state index contributed by atoms with van der Waals surface area (Å²) >= 11 is 2.69. The maximum atomic E-state index is 12.7. The van der Waals surface area contributed by atoms with Crippen LogP contribution in [0, 0.1) is 12.8 Å². The van der Waals surface area contributed by atoms with Gasteiger partial charge in [-0.15, -0.1) is 22.7 Å². The van der Waals surface area contributed by atoms with Gasteiger partial charge >= 0.3 is 0 Å². The van der Waals surface area contributed by atoms with Crippen LogP contribution in [0.25, 0.3) is 0 Å². The lowest BCUT2D eigenvalue weighted by Crippen LogP contribution is -2.29. The minimum absolute atomic E-state index is 0.0741. The molecule has 26 heavy (non-hydrogen) atoms. The predicted molar refractivity (Wildman–Crippen MR) is 104 cm³/mol. The Labute approximate surface area is 159 Å². The van der Waals surface area contributed by atoms with Gasteiger partial charge in [-0.1, -0.05) is 29.8 Å². The number of carbonyl (C=O) groups excluding carboxylic acids is 2. The summed E-state index contributed by atoms with van der Waals surface area (Å²) < 4.78 is 0. The number of rotatable bonds is 7. The van der Waals surface area contributed by atoms with Crippen LogP contribution in [0.3, 0.4) is 0 Å². The van der Waals surface area contributed by atoms with Crippen molar-refractivity contribution in [1.82, 2.24) is 9.97 Å². The van der Waals surface area contributed by atoms with Crippen molar-refractivity contribution in [3.8, 4) is 0 Å². The van der Waals surface area contributed by atoms with Gasteiger partial charge in [-0.3, -0.25) is 9.59 Å². The quantitative estimate of drug-likeness (QED) is 0.648. The first-order chi connectivity index (χ1) is 12.6. The molecule has 0 fully saturated rings. The largest absolute Gasteiger partial charge is 0.302 e. The summed E-state index contributed by atoms with van der Waals surface area (Å²) in [6.45, 7) is 2.00. The number of anilines is 2. The molecule has 0 aliphatic heterocycles. The Balaban J connectivity index is 1.71. The van der Waals surface area contributed by atoms with Crippen LogP contribution in [0.2, 0.25) is 0 Å². The lowest BCUT2D eigenvalue weighted by atomic mass is 9.94. The van der Waals surface area contributed by atoms with E-state index in [1.165, 1.54) is 22.7 Å². The molecule has 0 spiro atoms. The Morgan fingerprint density at radius 3 is 2.38 bits per heavy atom. The third-order valence-electron chi connectivity index (χ3n) is 3.71. The predicted octanol–water partition coefficient (Wildman–Crippen LogP) is 3.73. The number of hydrogen-bond donors (Lipinski definition) is 2. The van der Waals surface area contributed by atoms with Gasteiger partial charge in [0, 0.05) is 29.6 Å². The lowest BCUT2D eigenvalue weighted by Gasteiger charge is -2.16. The molecular formula is C18H18N4O2S2. The second kappa shape index (κ2) is 8.68. The van der Waals surface area contributed by atoms with Gasteiger partial charge in [-0.05, 0) is 18.9 Å². The standard InChI is InChI=1S/C18H18N4O2S2/c1-12-3-2-4-13(9-12)10-14(16(24)22-18-20-6-8-26-18)11-15(23)21-17-19-5-7-25-17/h2-9,14H,10-11H2,1H3,(H,19,21,23)(H,20,22,24). The monoisotopic (exact) mass is 386 g/mol. The number of aryl methyl sites for hydroxylation is 1. The molecule has 1 atom stereocenters. The van der Waals surface area contributed by atoms with Crippen LogP contribution in [0.1, 0.15) is 17.5 Å². The first-order valence-electron chi connectivity index (χ1n) is 8.05. The van der Waals surface area contributed by atoms with Gasteiger partial charge < -0.3 is 10.6 Å². The molecule has 8 heteroatoms. The van der Waals surface area contributed by atoms with Gasteiger partial charge in [0.25, 0.3) is 0 Å². The Hall–Kier alpha value is -2.58. The number of nitrogens with one attached hydrogen (secondary N) is 2. The van der Waals surface area contributed by atoms with Gasteiger partial charge in [-0.25, -0.2) is 9.97 Å². The molecule has 0 saturated heterocycles. The van der Waals surface area contributed by atoms with Gasteiger partial charge in [-0.2, -0.15) is 0 Å². The molecule has 0 aliphatic rings. The highest BCUT2D eigenvalue weighted by molar-refractivity contribution is 7.14. The van der Waals surface area contributed by atoms with Crippen molar-refractivity contribution in [2.24, 2.45) is 5.92 Å². The first kappa shape index (κ1) is 18.2. The van der Waals surface area contributed by atoms with Crippen molar-refractivity contribution in [2.45, 2.75) is 19.8 Å². The van der Waals surface area contributed by atoms with Crippen LogP contribution in [-0.2, 0) is 16.0 Å². The number of carbonyl (C=O) groups is 2. The molecule has 0 radical (unpaired) electrons. The van der Waals surface area contributed by atoms with Crippen molar-refractivity contribution in [3.63, 3.8) is 0 Å². The fraction of sp³-hybridized carbons (Fsp3) is 0.222. The first-order valence-corrected chi connectivity index (χ1v) is 9.81. The van der Waals surface area contributed by atoms with Crippen molar-refractivity contribution in [3.05, 3.63) is 58.5 Å². The highest BCUT2D eigenvalue weighted by atomic mass is 32.1. The van der Waals surface area contributed by atoms with E-state index in [0.29, 0.717) is 16.7 Å². The third kappa shape index (κ3) is 5.21. The highest BCUT2D eigenvalue weighted by Gasteiger charge is 2.23. The van der Waals surface area contributed by atoms with Gasteiger partial charge in [0.05, 0.1) is 5.92 Å². The van der Waals surface area contributed by atoms with Crippen molar-refractivity contribution < 1.29 is 9.59 Å². The number of thiazole rings is 2. The fourth-order valence-corrected chi connectivity index (χ4v) is 3.63. The smallest absolute Gasteiger partial charge is 0.230 e. The van der Waals surface area contributed by atoms with Gasteiger partial charge in [0.2, 0.25) is 11.8 Å². The lowest BCUT2D eigenvalue weighted by molar-refractivity contribution is -0.124. The van der Waals surface area contributed by atoms with Crippen LogP contribution in [-0.4, -0.2) is 21.8 Å². The van der Waals surface area contributed by atoms with E-state index in [4.69, 9.17) is 0 Å². The Kier molecular flexibility index (Phi) is 6.08. The molecule has 0 aliphatic carbocycles.